The third-order valence-corrected chi connectivity index (χ3v) is 1.80. The number of epoxide rings is 1. The van der Waals surface area contributed by atoms with Gasteiger partial charge in [0.1, 0.15) is 0 Å². The Morgan fingerprint density at radius 2 is 2.00 bits per heavy atom. The Hall–Kier alpha value is -0.250. The van der Waals surface area contributed by atoms with Gasteiger partial charge in [-0.2, -0.15) is 13.2 Å². The Kier molecular flexibility index (Phi) is 2.14. The lowest BCUT2D eigenvalue weighted by Gasteiger charge is -2.07. The highest BCUT2D eigenvalue weighted by Crippen LogP contribution is 2.33. The molecule has 1 unspecified atom stereocenters. The zero-order valence-corrected chi connectivity index (χ0v) is 6.37. The van der Waals surface area contributed by atoms with Gasteiger partial charge in [-0.25, -0.2) is 0 Å². The van der Waals surface area contributed by atoms with Crippen LogP contribution in [0, 0.1) is 0 Å². The van der Waals surface area contributed by atoms with Gasteiger partial charge in [-0.15, -0.1) is 0 Å². The lowest BCUT2D eigenvalue weighted by molar-refractivity contribution is -0.136. The predicted molar refractivity (Wildman–Crippen MR) is 34.3 cm³/mol. The van der Waals surface area contributed by atoms with Crippen molar-refractivity contribution in [1.82, 2.24) is 0 Å². The van der Waals surface area contributed by atoms with Gasteiger partial charge in [0, 0.05) is 6.42 Å². The standard InChI is InChI=1S/C7H11F3O/c1-6(5-11-6)3-2-4-7(8,9)10/h2-5H2,1H3. The summed E-state index contributed by atoms with van der Waals surface area (Å²) in [6.07, 6.45) is -4.00. The Balaban J connectivity index is 2.05. The first kappa shape index (κ1) is 8.84. The minimum Gasteiger partial charge on any atom is -0.370 e. The normalized spacial score (nSPS) is 30.5. The number of alkyl halides is 3. The van der Waals surface area contributed by atoms with Crippen molar-refractivity contribution in [2.45, 2.75) is 38.0 Å². The lowest BCUT2D eigenvalue weighted by atomic mass is 10.1. The highest BCUT2D eigenvalue weighted by atomic mass is 19.4. The van der Waals surface area contributed by atoms with Gasteiger partial charge >= 0.3 is 6.18 Å². The number of rotatable bonds is 3. The summed E-state index contributed by atoms with van der Waals surface area (Å²) < 4.78 is 39.8. The van der Waals surface area contributed by atoms with Crippen LogP contribution in [0.3, 0.4) is 0 Å². The van der Waals surface area contributed by atoms with Crippen LogP contribution in [0.15, 0.2) is 0 Å². The molecule has 1 fully saturated rings. The molecule has 1 aliphatic rings. The second kappa shape index (κ2) is 2.66. The maximum absolute atomic E-state index is 11.6. The molecule has 0 saturated carbocycles. The van der Waals surface area contributed by atoms with E-state index in [9.17, 15) is 13.2 Å². The smallest absolute Gasteiger partial charge is 0.370 e. The van der Waals surface area contributed by atoms with Crippen LogP contribution in [0.4, 0.5) is 13.2 Å². The second-order valence-corrected chi connectivity index (χ2v) is 3.21. The highest BCUT2D eigenvalue weighted by Gasteiger charge is 2.39. The molecule has 0 radical (unpaired) electrons. The Labute approximate surface area is 63.5 Å². The molecule has 66 valence electrons. The Bertz CT molecular complexity index is 132. The molecule has 1 aliphatic heterocycles. The van der Waals surface area contributed by atoms with Crippen LogP contribution in [-0.4, -0.2) is 18.4 Å². The van der Waals surface area contributed by atoms with Crippen molar-refractivity contribution in [1.29, 1.82) is 0 Å². The molecule has 0 aliphatic carbocycles. The maximum Gasteiger partial charge on any atom is 0.389 e. The van der Waals surface area contributed by atoms with Crippen molar-refractivity contribution in [3.63, 3.8) is 0 Å². The summed E-state index contributed by atoms with van der Waals surface area (Å²) in [6.45, 7) is 2.45. The van der Waals surface area contributed by atoms with E-state index in [-0.39, 0.29) is 12.0 Å². The first-order valence-corrected chi connectivity index (χ1v) is 3.62. The van der Waals surface area contributed by atoms with Gasteiger partial charge in [0.25, 0.3) is 0 Å². The van der Waals surface area contributed by atoms with E-state index in [1.54, 1.807) is 0 Å². The predicted octanol–water partition coefficient (Wildman–Crippen LogP) is 2.51. The van der Waals surface area contributed by atoms with Gasteiger partial charge < -0.3 is 4.74 Å². The molecule has 0 aromatic rings. The summed E-state index contributed by atoms with van der Waals surface area (Å²) in [5, 5.41) is 0. The minimum absolute atomic E-state index is 0.181. The van der Waals surface area contributed by atoms with Gasteiger partial charge in [-0.3, -0.25) is 0 Å². The summed E-state index contributed by atoms with van der Waals surface area (Å²) in [5.74, 6) is 0. The molecule has 0 aromatic heterocycles. The quantitative estimate of drug-likeness (QED) is 0.590. The molecule has 0 N–H and O–H groups in total. The number of halogens is 3. The van der Waals surface area contributed by atoms with E-state index in [2.05, 4.69) is 0 Å². The van der Waals surface area contributed by atoms with E-state index in [1.165, 1.54) is 0 Å². The zero-order chi connectivity index (χ0) is 8.54. The van der Waals surface area contributed by atoms with Gasteiger partial charge in [0.2, 0.25) is 0 Å². The summed E-state index contributed by atoms with van der Waals surface area (Å²) >= 11 is 0. The third kappa shape index (κ3) is 3.60. The monoisotopic (exact) mass is 168 g/mol. The molecule has 1 rings (SSSR count). The molecule has 0 spiro atoms. The lowest BCUT2D eigenvalue weighted by Crippen LogP contribution is -2.10. The van der Waals surface area contributed by atoms with E-state index in [4.69, 9.17) is 4.74 Å². The first-order chi connectivity index (χ1) is 4.91. The first-order valence-electron chi connectivity index (χ1n) is 3.62. The van der Waals surface area contributed by atoms with Crippen LogP contribution < -0.4 is 0 Å². The van der Waals surface area contributed by atoms with Crippen LogP contribution in [0.25, 0.3) is 0 Å². The van der Waals surface area contributed by atoms with Crippen LogP contribution in [0.1, 0.15) is 26.2 Å². The van der Waals surface area contributed by atoms with E-state index in [1.807, 2.05) is 6.92 Å². The van der Waals surface area contributed by atoms with Crippen molar-refractivity contribution in [3.8, 4) is 0 Å². The van der Waals surface area contributed by atoms with Crippen LogP contribution in [0.2, 0.25) is 0 Å². The highest BCUT2D eigenvalue weighted by molar-refractivity contribution is 4.86. The van der Waals surface area contributed by atoms with Crippen molar-refractivity contribution in [3.05, 3.63) is 0 Å². The van der Waals surface area contributed by atoms with E-state index >= 15 is 0 Å². The van der Waals surface area contributed by atoms with E-state index < -0.39 is 12.6 Å². The molecule has 0 bridgehead atoms. The Morgan fingerprint density at radius 1 is 1.45 bits per heavy atom. The fraction of sp³-hybridized carbons (Fsp3) is 1.00. The zero-order valence-electron chi connectivity index (χ0n) is 6.37. The van der Waals surface area contributed by atoms with Crippen molar-refractivity contribution in [2.24, 2.45) is 0 Å². The molecule has 0 amide bonds. The van der Waals surface area contributed by atoms with E-state index in [0.717, 1.165) is 0 Å². The average Bonchev–Trinajstić information content (AvgIpc) is 2.44. The second-order valence-electron chi connectivity index (χ2n) is 3.21. The van der Waals surface area contributed by atoms with E-state index in [0.29, 0.717) is 13.0 Å². The summed E-state index contributed by atoms with van der Waals surface area (Å²) in [6, 6.07) is 0. The molecule has 1 heterocycles. The fourth-order valence-corrected chi connectivity index (χ4v) is 0.930. The van der Waals surface area contributed by atoms with Crippen molar-refractivity contribution < 1.29 is 17.9 Å². The molecule has 1 saturated heterocycles. The molecular formula is C7H11F3O. The molecule has 1 nitrogen and oxygen atoms in total. The average molecular weight is 168 g/mol. The van der Waals surface area contributed by atoms with Gasteiger partial charge in [-0.1, -0.05) is 0 Å². The third-order valence-electron chi connectivity index (χ3n) is 1.80. The van der Waals surface area contributed by atoms with Gasteiger partial charge in [0.05, 0.1) is 12.2 Å². The van der Waals surface area contributed by atoms with Crippen molar-refractivity contribution >= 4 is 0 Å². The van der Waals surface area contributed by atoms with Gasteiger partial charge in [0.15, 0.2) is 0 Å². The summed E-state index contributed by atoms with van der Waals surface area (Å²) in [4.78, 5) is 0. The number of hydrogen-bond acceptors (Lipinski definition) is 1. The number of hydrogen-bond donors (Lipinski definition) is 0. The molecule has 0 aromatic carbocycles. The molecular weight excluding hydrogens is 157 g/mol. The number of ether oxygens (including phenoxy) is 1. The molecule has 4 heteroatoms. The van der Waals surface area contributed by atoms with Crippen LogP contribution >= 0.6 is 0 Å². The van der Waals surface area contributed by atoms with Crippen LogP contribution in [0.5, 0.6) is 0 Å². The Morgan fingerprint density at radius 3 is 2.36 bits per heavy atom. The fourth-order valence-electron chi connectivity index (χ4n) is 0.930. The molecule has 1 atom stereocenters. The molecule has 11 heavy (non-hydrogen) atoms. The van der Waals surface area contributed by atoms with Crippen molar-refractivity contribution in [2.75, 3.05) is 6.61 Å². The topological polar surface area (TPSA) is 12.5 Å². The maximum atomic E-state index is 11.6. The minimum atomic E-state index is -4.01. The van der Waals surface area contributed by atoms with Gasteiger partial charge in [-0.05, 0) is 19.8 Å². The SMILES string of the molecule is CC1(CCCC(F)(F)F)CO1. The summed E-state index contributed by atoms with van der Waals surface area (Å²) in [5.41, 5.74) is -0.231. The summed E-state index contributed by atoms with van der Waals surface area (Å²) in [7, 11) is 0. The largest absolute Gasteiger partial charge is 0.389 e. The van der Waals surface area contributed by atoms with Crippen LogP contribution in [-0.2, 0) is 4.74 Å².